The molecule has 0 amide bonds. The van der Waals surface area contributed by atoms with Gasteiger partial charge in [0.15, 0.2) is 5.12 Å². The second-order valence-corrected chi connectivity index (χ2v) is 8.02. The quantitative estimate of drug-likeness (QED) is 0.700. The molecule has 0 heterocycles. The van der Waals surface area contributed by atoms with Crippen molar-refractivity contribution >= 4 is 16.9 Å². The average Bonchev–Trinajstić information content (AvgIpc) is 2.45. The van der Waals surface area contributed by atoms with E-state index in [1.807, 2.05) is 20.8 Å². The Balaban J connectivity index is 2.32. The van der Waals surface area contributed by atoms with Gasteiger partial charge in [0.1, 0.15) is 0 Å². The van der Waals surface area contributed by atoms with E-state index >= 15 is 0 Å². The Kier molecular flexibility index (Phi) is 7.32. The maximum absolute atomic E-state index is 12.2. The zero-order valence-corrected chi connectivity index (χ0v) is 14.0. The molecule has 0 aromatic carbocycles. The third-order valence-electron chi connectivity index (χ3n) is 4.50. The number of carbonyl (C=O) groups excluding carboxylic acids is 1. The van der Waals surface area contributed by atoms with E-state index < -0.39 is 6.10 Å². The Morgan fingerprint density at radius 2 is 1.95 bits per heavy atom. The SMILES string of the molecule is C=CC(C)(C)[C@H](O)CCC(C)C(=O)SC1CCCCC1. The number of thioether (sulfide) groups is 1. The van der Waals surface area contributed by atoms with Gasteiger partial charge in [0.25, 0.3) is 0 Å². The van der Waals surface area contributed by atoms with E-state index in [-0.39, 0.29) is 11.3 Å². The lowest BCUT2D eigenvalue weighted by Gasteiger charge is -2.28. The number of aliphatic hydroxyl groups excluding tert-OH is 1. The predicted octanol–water partition coefficient (Wildman–Crippen LogP) is 4.57. The molecule has 2 nitrogen and oxygen atoms in total. The first-order valence-electron chi connectivity index (χ1n) is 7.89. The molecule has 3 heteroatoms. The van der Waals surface area contributed by atoms with Gasteiger partial charge in [0.2, 0.25) is 0 Å². The fraction of sp³-hybridized carbons (Fsp3) is 0.824. The van der Waals surface area contributed by atoms with Crippen LogP contribution in [0.3, 0.4) is 0 Å². The highest BCUT2D eigenvalue weighted by atomic mass is 32.2. The molecule has 1 aliphatic carbocycles. The van der Waals surface area contributed by atoms with Crippen molar-refractivity contribution in [1.29, 1.82) is 0 Å². The molecule has 1 aliphatic rings. The first kappa shape index (κ1) is 17.8. The summed E-state index contributed by atoms with van der Waals surface area (Å²) in [6.45, 7) is 9.71. The minimum absolute atomic E-state index is 0.0391. The summed E-state index contributed by atoms with van der Waals surface area (Å²) in [4.78, 5) is 12.2. The molecule has 1 rings (SSSR count). The number of rotatable bonds is 7. The molecule has 116 valence electrons. The van der Waals surface area contributed by atoms with Crippen LogP contribution in [0.2, 0.25) is 0 Å². The Bertz CT molecular complexity index is 319. The third kappa shape index (κ3) is 5.61. The summed E-state index contributed by atoms with van der Waals surface area (Å²) >= 11 is 1.55. The second-order valence-electron chi connectivity index (χ2n) is 6.72. The van der Waals surface area contributed by atoms with Crippen LogP contribution in [0.5, 0.6) is 0 Å². The molecule has 1 saturated carbocycles. The van der Waals surface area contributed by atoms with Crippen LogP contribution >= 0.6 is 11.8 Å². The van der Waals surface area contributed by atoms with Crippen LogP contribution in [0.25, 0.3) is 0 Å². The zero-order valence-electron chi connectivity index (χ0n) is 13.2. The largest absolute Gasteiger partial charge is 0.392 e. The van der Waals surface area contributed by atoms with E-state index in [1.165, 1.54) is 32.1 Å². The first-order valence-corrected chi connectivity index (χ1v) is 8.77. The van der Waals surface area contributed by atoms with Crippen LogP contribution in [-0.2, 0) is 4.79 Å². The highest BCUT2D eigenvalue weighted by Gasteiger charge is 2.26. The summed E-state index contributed by atoms with van der Waals surface area (Å²) in [5.41, 5.74) is -0.278. The maximum Gasteiger partial charge on any atom is 0.192 e. The highest BCUT2D eigenvalue weighted by Crippen LogP contribution is 2.32. The number of hydrogen-bond acceptors (Lipinski definition) is 3. The second kappa shape index (κ2) is 8.23. The van der Waals surface area contributed by atoms with E-state index in [0.717, 1.165) is 6.42 Å². The van der Waals surface area contributed by atoms with Crippen molar-refractivity contribution in [2.24, 2.45) is 11.3 Å². The van der Waals surface area contributed by atoms with E-state index in [0.29, 0.717) is 16.8 Å². The topological polar surface area (TPSA) is 37.3 Å². The third-order valence-corrected chi connectivity index (χ3v) is 5.93. The minimum atomic E-state index is -0.421. The maximum atomic E-state index is 12.2. The fourth-order valence-electron chi connectivity index (χ4n) is 2.50. The Hall–Kier alpha value is -0.280. The molecule has 0 aromatic heterocycles. The van der Waals surface area contributed by atoms with Gasteiger partial charge in [-0.25, -0.2) is 0 Å². The van der Waals surface area contributed by atoms with Crippen LogP contribution in [0.1, 0.15) is 65.7 Å². The first-order chi connectivity index (χ1) is 9.36. The van der Waals surface area contributed by atoms with Crippen LogP contribution in [-0.4, -0.2) is 21.6 Å². The van der Waals surface area contributed by atoms with Crippen molar-refractivity contribution in [2.75, 3.05) is 0 Å². The standard InChI is InChI=1S/C17H30O2S/c1-5-17(3,4)15(18)12-11-13(2)16(19)20-14-9-7-6-8-10-14/h5,13-15,18H,1,6-12H2,2-4H3/t13?,15-/m1/s1. The minimum Gasteiger partial charge on any atom is -0.392 e. The molecule has 0 aliphatic heterocycles. The Morgan fingerprint density at radius 1 is 1.35 bits per heavy atom. The van der Waals surface area contributed by atoms with Gasteiger partial charge in [0, 0.05) is 16.6 Å². The lowest BCUT2D eigenvalue weighted by Crippen LogP contribution is -2.28. The normalized spacial score (nSPS) is 20.4. The van der Waals surface area contributed by atoms with Crippen LogP contribution < -0.4 is 0 Å². The molecule has 2 atom stereocenters. The van der Waals surface area contributed by atoms with E-state index in [1.54, 1.807) is 17.8 Å². The molecule has 0 aromatic rings. The lowest BCUT2D eigenvalue weighted by atomic mass is 9.83. The summed E-state index contributed by atoms with van der Waals surface area (Å²) in [6, 6.07) is 0. The molecular weight excluding hydrogens is 268 g/mol. The summed E-state index contributed by atoms with van der Waals surface area (Å²) in [7, 11) is 0. The van der Waals surface area contributed by atoms with Gasteiger partial charge in [0.05, 0.1) is 6.10 Å². The number of carbonyl (C=O) groups is 1. The summed E-state index contributed by atoms with van der Waals surface area (Å²) in [6.07, 6.45) is 9.04. The van der Waals surface area contributed by atoms with Crippen LogP contribution in [0.15, 0.2) is 12.7 Å². The van der Waals surface area contributed by atoms with Gasteiger partial charge < -0.3 is 5.11 Å². The number of hydrogen-bond donors (Lipinski definition) is 1. The van der Waals surface area contributed by atoms with Gasteiger partial charge >= 0.3 is 0 Å². The van der Waals surface area contributed by atoms with Crippen molar-refractivity contribution in [3.05, 3.63) is 12.7 Å². The zero-order chi connectivity index (χ0) is 15.2. The molecule has 0 spiro atoms. The molecule has 0 saturated heterocycles. The van der Waals surface area contributed by atoms with E-state index in [4.69, 9.17) is 0 Å². The van der Waals surface area contributed by atoms with Gasteiger partial charge in [-0.1, -0.05) is 57.9 Å². The summed E-state index contributed by atoms with van der Waals surface area (Å²) in [5.74, 6) is 0.0391. The summed E-state index contributed by atoms with van der Waals surface area (Å²) in [5, 5.41) is 11.0. The van der Waals surface area contributed by atoms with E-state index in [2.05, 4.69) is 6.58 Å². The van der Waals surface area contributed by atoms with Crippen molar-refractivity contribution in [2.45, 2.75) is 77.1 Å². The Morgan fingerprint density at radius 3 is 2.50 bits per heavy atom. The lowest BCUT2D eigenvalue weighted by molar-refractivity contribution is -0.114. The number of aliphatic hydroxyl groups is 1. The summed E-state index contributed by atoms with van der Waals surface area (Å²) < 4.78 is 0. The van der Waals surface area contributed by atoms with Crippen molar-refractivity contribution in [3.8, 4) is 0 Å². The molecule has 0 radical (unpaired) electrons. The molecule has 1 N–H and O–H groups in total. The van der Waals surface area contributed by atoms with Gasteiger partial charge in [-0.15, -0.1) is 6.58 Å². The fourth-order valence-corrected chi connectivity index (χ4v) is 3.74. The molecule has 1 fully saturated rings. The highest BCUT2D eigenvalue weighted by molar-refractivity contribution is 8.14. The van der Waals surface area contributed by atoms with Crippen molar-refractivity contribution < 1.29 is 9.90 Å². The molecule has 0 bridgehead atoms. The predicted molar refractivity (Wildman–Crippen MR) is 87.9 cm³/mol. The Labute approximate surface area is 128 Å². The molecule has 20 heavy (non-hydrogen) atoms. The van der Waals surface area contributed by atoms with E-state index in [9.17, 15) is 9.90 Å². The molecule has 1 unspecified atom stereocenters. The monoisotopic (exact) mass is 298 g/mol. The van der Waals surface area contributed by atoms with Crippen LogP contribution in [0.4, 0.5) is 0 Å². The van der Waals surface area contributed by atoms with Gasteiger partial charge in [-0.2, -0.15) is 0 Å². The van der Waals surface area contributed by atoms with Crippen molar-refractivity contribution in [1.82, 2.24) is 0 Å². The average molecular weight is 298 g/mol. The van der Waals surface area contributed by atoms with Crippen LogP contribution in [0, 0.1) is 11.3 Å². The van der Waals surface area contributed by atoms with Gasteiger partial charge in [-0.3, -0.25) is 4.79 Å². The smallest absolute Gasteiger partial charge is 0.192 e. The van der Waals surface area contributed by atoms with Gasteiger partial charge in [-0.05, 0) is 25.7 Å². The molecular formula is C17H30O2S. The van der Waals surface area contributed by atoms with Crippen molar-refractivity contribution in [3.63, 3.8) is 0 Å².